The van der Waals surface area contributed by atoms with Crippen LogP contribution in [-0.4, -0.2) is 28.3 Å². The van der Waals surface area contributed by atoms with Crippen molar-refractivity contribution in [1.29, 1.82) is 0 Å². The van der Waals surface area contributed by atoms with Crippen molar-refractivity contribution in [3.63, 3.8) is 0 Å². The van der Waals surface area contributed by atoms with Crippen LogP contribution in [0.5, 0.6) is 0 Å². The molecule has 2 heterocycles. The fourth-order valence-corrected chi connectivity index (χ4v) is 1.56. The number of pyridine rings is 1. The molecule has 0 aromatic carbocycles. The zero-order chi connectivity index (χ0) is 13.0. The summed E-state index contributed by atoms with van der Waals surface area (Å²) in [7, 11) is 0. The van der Waals surface area contributed by atoms with Crippen molar-refractivity contribution < 1.29 is 9.26 Å². The number of nitrogens with two attached hydrogens (primary N) is 1. The van der Waals surface area contributed by atoms with Gasteiger partial charge in [-0.05, 0) is 13.0 Å². The van der Waals surface area contributed by atoms with Crippen molar-refractivity contribution in [2.75, 3.05) is 13.2 Å². The zero-order valence-corrected chi connectivity index (χ0v) is 10.6. The summed E-state index contributed by atoms with van der Waals surface area (Å²) in [5, 5.41) is 4.27. The molecule has 0 amide bonds. The van der Waals surface area contributed by atoms with Crippen molar-refractivity contribution in [1.82, 2.24) is 15.1 Å². The number of hydrogen-bond donors (Lipinski definition) is 1. The minimum atomic E-state index is -0.414. The maximum absolute atomic E-state index is 5.98. The number of rotatable bonds is 5. The molecule has 2 aromatic heterocycles. The van der Waals surface area contributed by atoms with E-state index >= 15 is 0 Å². The van der Waals surface area contributed by atoms with Crippen LogP contribution in [-0.2, 0) is 4.74 Å². The molecular formula is C11H13ClN4O2. The Labute approximate surface area is 109 Å². The highest BCUT2D eigenvalue weighted by Gasteiger charge is 2.16. The van der Waals surface area contributed by atoms with Gasteiger partial charge in [0.2, 0.25) is 0 Å². The Morgan fingerprint density at radius 3 is 3.11 bits per heavy atom. The minimum absolute atomic E-state index is 0.323. The van der Waals surface area contributed by atoms with E-state index in [4.69, 9.17) is 26.6 Å². The molecule has 0 saturated heterocycles. The highest BCUT2D eigenvalue weighted by Crippen LogP contribution is 2.25. The fourth-order valence-electron chi connectivity index (χ4n) is 1.36. The zero-order valence-electron chi connectivity index (χ0n) is 9.84. The van der Waals surface area contributed by atoms with Gasteiger partial charge in [0, 0.05) is 19.0 Å². The van der Waals surface area contributed by atoms with Crippen molar-refractivity contribution in [3.8, 4) is 11.5 Å². The summed E-state index contributed by atoms with van der Waals surface area (Å²) < 4.78 is 10.3. The number of halogens is 1. The van der Waals surface area contributed by atoms with E-state index in [-0.39, 0.29) is 0 Å². The van der Waals surface area contributed by atoms with Gasteiger partial charge in [0.05, 0.1) is 23.2 Å². The smallest absolute Gasteiger partial charge is 0.259 e. The molecule has 6 nitrogen and oxygen atoms in total. The van der Waals surface area contributed by atoms with Crippen LogP contribution in [0.4, 0.5) is 0 Å². The lowest BCUT2D eigenvalue weighted by Gasteiger charge is -2.05. The molecule has 0 aliphatic carbocycles. The van der Waals surface area contributed by atoms with Crippen LogP contribution < -0.4 is 5.73 Å². The molecule has 18 heavy (non-hydrogen) atoms. The lowest BCUT2D eigenvalue weighted by atomic mass is 10.2. The van der Waals surface area contributed by atoms with E-state index in [1.54, 1.807) is 12.3 Å². The summed E-state index contributed by atoms with van der Waals surface area (Å²) in [6.07, 6.45) is 3.12. The van der Waals surface area contributed by atoms with Gasteiger partial charge in [-0.3, -0.25) is 4.98 Å². The van der Waals surface area contributed by atoms with Crippen LogP contribution in [0.25, 0.3) is 11.5 Å². The van der Waals surface area contributed by atoms with Crippen LogP contribution >= 0.6 is 11.6 Å². The largest absolute Gasteiger partial charge is 0.380 e. The summed E-state index contributed by atoms with van der Waals surface area (Å²) in [5.74, 6) is 0.718. The van der Waals surface area contributed by atoms with E-state index in [0.717, 1.165) is 0 Å². The highest BCUT2D eigenvalue weighted by atomic mass is 35.5. The van der Waals surface area contributed by atoms with Gasteiger partial charge in [-0.1, -0.05) is 16.8 Å². The molecule has 0 bridgehead atoms. The Morgan fingerprint density at radius 2 is 2.39 bits per heavy atom. The van der Waals surface area contributed by atoms with E-state index in [9.17, 15) is 0 Å². The van der Waals surface area contributed by atoms with E-state index in [0.29, 0.717) is 35.5 Å². The monoisotopic (exact) mass is 268 g/mol. The minimum Gasteiger partial charge on any atom is -0.380 e. The number of nitrogens with zero attached hydrogens (tertiary/aromatic N) is 3. The van der Waals surface area contributed by atoms with Crippen LogP contribution in [0.3, 0.4) is 0 Å². The van der Waals surface area contributed by atoms with Crippen molar-refractivity contribution >= 4 is 11.6 Å². The van der Waals surface area contributed by atoms with Gasteiger partial charge in [-0.2, -0.15) is 4.98 Å². The second-order valence-corrected chi connectivity index (χ2v) is 3.99. The third-order valence-corrected chi connectivity index (χ3v) is 2.58. The van der Waals surface area contributed by atoms with Crippen molar-refractivity contribution in [3.05, 3.63) is 29.3 Å². The molecular weight excluding hydrogens is 256 g/mol. The van der Waals surface area contributed by atoms with Crippen LogP contribution in [0.1, 0.15) is 18.8 Å². The van der Waals surface area contributed by atoms with Gasteiger partial charge in [0.25, 0.3) is 5.89 Å². The predicted molar refractivity (Wildman–Crippen MR) is 66.0 cm³/mol. The van der Waals surface area contributed by atoms with Crippen LogP contribution in [0, 0.1) is 0 Å². The van der Waals surface area contributed by atoms with Gasteiger partial charge in [0.1, 0.15) is 0 Å². The van der Waals surface area contributed by atoms with Gasteiger partial charge in [0.15, 0.2) is 5.82 Å². The van der Waals surface area contributed by atoms with E-state index < -0.39 is 6.04 Å². The first-order chi connectivity index (χ1) is 8.72. The maximum atomic E-state index is 5.98. The maximum Gasteiger partial charge on any atom is 0.259 e. The Kier molecular flexibility index (Phi) is 4.24. The summed E-state index contributed by atoms with van der Waals surface area (Å²) in [4.78, 5) is 8.09. The number of aromatic nitrogens is 3. The standard InChI is InChI=1S/C11H13ClN4O2/c1-2-17-6-9(13)10-15-11(18-16-10)7-3-4-14-5-8(7)12/h3-5,9H,2,6,13H2,1H3. The first kappa shape index (κ1) is 12.9. The molecule has 96 valence electrons. The van der Waals surface area contributed by atoms with Crippen LogP contribution in [0.2, 0.25) is 5.02 Å². The second kappa shape index (κ2) is 5.90. The Hall–Kier alpha value is -1.50. The van der Waals surface area contributed by atoms with Crippen molar-refractivity contribution in [2.45, 2.75) is 13.0 Å². The van der Waals surface area contributed by atoms with Crippen molar-refractivity contribution in [2.24, 2.45) is 5.73 Å². The molecule has 0 fully saturated rings. The molecule has 0 saturated carbocycles. The molecule has 2 N–H and O–H groups in total. The molecule has 0 radical (unpaired) electrons. The molecule has 0 aliphatic heterocycles. The lowest BCUT2D eigenvalue weighted by molar-refractivity contribution is 0.130. The molecule has 0 aliphatic rings. The number of ether oxygens (including phenoxy) is 1. The summed E-state index contributed by atoms with van der Waals surface area (Å²) in [6.45, 7) is 2.83. The second-order valence-electron chi connectivity index (χ2n) is 3.58. The summed E-state index contributed by atoms with van der Waals surface area (Å²) in [6, 6.07) is 1.29. The Bertz CT molecular complexity index is 517. The third kappa shape index (κ3) is 2.84. The first-order valence-electron chi connectivity index (χ1n) is 5.49. The first-order valence-corrected chi connectivity index (χ1v) is 5.87. The van der Waals surface area contributed by atoms with Gasteiger partial charge >= 0.3 is 0 Å². The normalized spacial score (nSPS) is 12.6. The summed E-state index contributed by atoms with van der Waals surface area (Å²) >= 11 is 5.98. The summed E-state index contributed by atoms with van der Waals surface area (Å²) in [5.41, 5.74) is 6.49. The SMILES string of the molecule is CCOCC(N)c1noc(-c2ccncc2Cl)n1. The van der Waals surface area contributed by atoms with E-state index in [1.807, 2.05) is 6.92 Å². The molecule has 2 rings (SSSR count). The molecule has 7 heteroatoms. The molecule has 1 unspecified atom stereocenters. The predicted octanol–water partition coefficient (Wildman–Crippen LogP) is 1.82. The Morgan fingerprint density at radius 1 is 1.56 bits per heavy atom. The lowest BCUT2D eigenvalue weighted by Crippen LogP contribution is -2.18. The van der Waals surface area contributed by atoms with E-state index in [2.05, 4.69) is 15.1 Å². The fraction of sp³-hybridized carbons (Fsp3) is 0.364. The molecule has 1 atom stereocenters. The average molecular weight is 269 g/mol. The number of hydrogen-bond acceptors (Lipinski definition) is 6. The van der Waals surface area contributed by atoms with E-state index in [1.165, 1.54) is 6.20 Å². The quantitative estimate of drug-likeness (QED) is 0.890. The highest BCUT2D eigenvalue weighted by molar-refractivity contribution is 6.32. The average Bonchev–Trinajstić information content (AvgIpc) is 2.86. The molecule has 0 spiro atoms. The van der Waals surface area contributed by atoms with Crippen LogP contribution in [0.15, 0.2) is 23.0 Å². The van der Waals surface area contributed by atoms with Gasteiger partial charge in [-0.25, -0.2) is 0 Å². The third-order valence-electron chi connectivity index (χ3n) is 2.28. The van der Waals surface area contributed by atoms with Gasteiger partial charge < -0.3 is 15.0 Å². The molecule has 2 aromatic rings. The van der Waals surface area contributed by atoms with Gasteiger partial charge in [-0.15, -0.1) is 0 Å². The topological polar surface area (TPSA) is 87.1 Å². The Balaban J connectivity index is 2.18.